The summed E-state index contributed by atoms with van der Waals surface area (Å²) in [7, 11) is 0. The third kappa shape index (κ3) is 4.10. The van der Waals surface area contributed by atoms with Gasteiger partial charge in [0, 0.05) is 6.54 Å². The molecule has 2 nitrogen and oxygen atoms in total. The van der Waals surface area contributed by atoms with E-state index in [2.05, 4.69) is 11.8 Å². The van der Waals surface area contributed by atoms with Crippen LogP contribution in [-0.2, 0) is 0 Å². The Hall–Kier alpha value is -0.0800. The SMILES string of the molecule is CCC1CCCN(CC(C)O)CC1. The van der Waals surface area contributed by atoms with Gasteiger partial charge in [-0.1, -0.05) is 13.3 Å². The van der Waals surface area contributed by atoms with Crippen molar-refractivity contribution >= 4 is 0 Å². The van der Waals surface area contributed by atoms with Crippen LogP contribution < -0.4 is 0 Å². The Labute approximate surface area is 81.9 Å². The standard InChI is InChI=1S/C11H23NO/c1-3-11-5-4-7-12(8-6-11)9-10(2)13/h10-11,13H,3-9H2,1-2H3. The van der Waals surface area contributed by atoms with E-state index < -0.39 is 0 Å². The van der Waals surface area contributed by atoms with Crippen molar-refractivity contribution in [3.05, 3.63) is 0 Å². The first kappa shape index (κ1) is 11.0. The van der Waals surface area contributed by atoms with Crippen molar-refractivity contribution < 1.29 is 5.11 Å². The first-order valence-corrected chi connectivity index (χ1v) is 5.62. The Morgan fingerprint density at radius 3 is 2.77 bits per heavy atom. The zero-order chi connectivity index (χ0) is 9.68. The predicted molar refractivity (Wildman–Crippen MR) is 55.8 cm³/mol. The van der Waals surface area contributed by atoms with Crippen molar-refractivity contribution in [1.29, 1.82) is 0 Å². The molecule has 0 spiro atoms. The Morgan fingerprint density at radius 1 is 1.38 bits per heavy atom. The zero-order valence-electron chi connectivity index (χ0n) is 9.00. The van der Waals surface area contributed by atoms with E-state index in [1.807, 2.05) is 6.92 Å². The average molecular weight is 185 g/mol. The summed E-state index contributed by atoms with van der Waals surface area (Å²) in [4.78, 5) is 2.40. The summed E-state index contributed by atoms with van der Waals surface area (Å²) in [5.74, 6) is 0.930. The van der Waals surface area contributed by atoms with Crippen molar-refractivity contribution in [2.45, 2.75) is 45.6 Å². The third-order valence-electron chi connectivity index (χ3n) is 3.04. The van der Waals surface area contributed by atoms with Gasteiger partial charge in [0.25, 0.3) is 0 Å². The summed E-state index contributed by atoms with van der Waals surface area (Å²) in [5.41, 5.74) is 0. The maximum absolute atomic E-state index is 9.28. The van der Waals surface area contributed by atoms with E-state index in [1.54, 1.807) is 0 Å². The molecule has 1 heterocycles. The van der Waals surface area contributed by atoms with Crippen molar-refractivity contribution in [3.63, 3.8) is 0 Å². The second-order valence-electron chi connectivity index (χ2n) is 4.35. The molecule has 0 aromatic rings. The third-order valence-corrected chi connectivity index (χ3v) is 3.04. The molecule has 0 aromatic carbocycles. The van der Waals surface area contributed by atoms with Gasteiger partial charge in [0.05, 0.1) is 6.10 Å². The molecule has 13 heavy (non-hydrogen) atoms. The molecule has 0 aromatic heterocycles. The van der Waals surface area contributed by atoms with Crippen LogP contribution in [0.2, 0.25) is 0 Å². The fourth-order valence-electron chi connectivity index (χ4n) is 2.19. The average Bonchev–Trinajstić information content (AvgIpc) is 2.29. The largest absolute Gasteiger partial charge is 0.392 e. The highest BCUT2D eigenvalue weighted by atomic mass is 16.3. The van der Waals surface area contributed by atoms with Crippen molar-refractivity contribution in [1.82, 2.24) is 4.90 Å². The number of β-amino-alcohol motifs (C(OH)–C–C–N with tert-alkyl or cyclic N) is 1. The summed E-state index contributed by atoms with van der Waals surface area (Å²) < 4.78 is 0. The molecule has 1 aliphatic rings. The van der Waals surface area contributed by atoms with Crippen LogP contribution >= 0.6 is 0 Å². The lowest BCUT2D eigenvalue weighted by atomic mass is 9.98. The van der Waals surface area contributed by atoms with Crippen LogP contribution in [0.5, 0.6) is 0 Å². The minimum atomic E-state index is -0.168. The van der Waals surface area contributed by atoms with Gasteiger partial charge in [0.15, 0.2) is 0 Å². The van der Waals surface area contributed by atoms with Crippen LogP contribution in [0.25, 0.3) is 0 Å². The minimum absolute atomic E-state index is 0.168. The lowest BCUT2D eigenvalue weighted by Gasteiger charge is -2.21. The summed E-state index contributed by atoms with van der Waals surface area (Å²) in [5, 5.41) is 9.28. The summed E-state index contributed by atoms with van der Waals surface area (Å²) in [6, 6.07) is 0. The number of aliphatic hydroxyl groups is 1. The Bertz CT molecular complexity index is 136. The van der Waals surface area contributed by atoms with Gasteiger partial charge in [-0.25, -0.2) is 0 Å². The van der Waals surface area contributed by atoms with Crippen LogP contribution in [0, 0.1) is 5.92 Å². The van der Waals surface area contributed by atoms with E-state index in [9.17, 15) is 5.11 Å². The topological polar surface area (TPSA) is 23.5 Å². The second kappa shape index (κ2) is 5.61. The molecule has 1 rings (SSSR count). The summed E-state index contributed by atoms with van der Waals surface area (Å²) in [6.07, 6.45) is 5.17. The van der Waals surface area contributed by atoms with Crippen molar-refractivity contribution in [2.24, 2.45) is 5.92 Å². The molecular weight excluding hydrogens is 162 g/mol. The number of hydrogen-bond acceptors (Lipinski definition) is 2. The van der Waals surface area contributed by atoms with E-state index in [0.29, 0.717) is 0 Å². The van der Waals surface area contributed by atoms with Gasteiger partial charge < -0.3 is 10.0 Å². The molecule has 2 unspecified atom stereocenters. The quantitative estimate of drug-likeness (QED) is 0.725. The Kier molecular flexibility index (Phi) is 4.74. The first-order valence-electron chi connectivity index (χ1n) is 5.62. The van der Waals surface area contributed by atoms with Crippen LogP contribution in [-0.4, -0.2) is 35.7 Å². The van der Waals surface area contributed by atoms with Gasteiger partial charge >= 0.3 is 0 Å². The molecule has 2 atom stereocenters. The predicted octanol–water partition coefficient (Wildman–Crippen LogP) is 1.88. The number of aliphatic hydroxyl groups excluding tert-OH is 1. The van der Waals surface area contributed by atoms with Crippen LogP contribution in [0.4, 0.5) is 0 Å². The highest BCUT2D eigenvalue weighted by Crippen LogP contribution is 2.20. The lowest BCUT2D eigenvalue weighted by Crippen LogP contribution is -2.31. The summed E-state index contributed by atoms with van der Waals surface area (Å²) >= 11 is 0. The molecule has 0 aliphatic carbocycles. The molecule has 0 saturated carbocycles. The van der Waals surface area contributed by atoms with Crippen LogP contribution in [0.1, 0.15) is 39.5 Å². The van der Waals surface area contributed by atoms with E-state index in [4.69, 9.17) is 0 Å². The van der Waals surface area contributed by atoms with Gasteiger partial charge in [-0.05, 0) is 45.2 Å². The first-order chi connectivity index (χ1) is 6.22. The Balaban J connectivity index is 2.27. The monoisotopic (exact) mass is 185 g/mol. The molecule has 0 bridgehead atoms. The van der Waals surface area contributed by atoms with Crippen LogP contribution in [0.15, 0.2) is 0 Å². The highest BCUT2D eigenvalue weighted by Gasteiger charge is 2.16. The fraction of sp³-hybridized carbons (Fsp3) is 1.00. The molecule has 2 heteroatoms. The maximum atomic E-state index is 9.28. The van der Waals surface area contributed by atoms with Gasteiger partial charge in [-0.15, -0.1) is 0 Å². The van der Waals surface area contributed by atoms with Gasteiger partial charge in [0.1, 0.15) is 0 Å². The summed E-state index contributed by atoms with van der Waals surface area (Å²) in [6.45, 7) is 7.39. The molecule has 0 amide bonds. The number of nitrogens with zero attached hydrogens (tertiary/aromatic N) is 1. The molecule has 78 valence electrons. The zero-order valence-corrected chi connectivity index (χ0v) is 9.00. The van der Waals surface area contributed by atoms with Gasteiger partial charge in [-0.2, -0.15) is 0 Å². The smallest absolute Gasteiger partial charge is 0.0639 e. The fourth-order valence-corrected chi connectivity index (χ4v) is 2.19. The molecular formula is C11H23NO. The second-order valence-corrected chi connectivity index (χ2v) is 4.35. The minimum Gasteiger partial charge on any atom is -0.392 e. The van der Waals surface area contributed by atoms with Crippen molar-refractivity contribution in [2.75, 3.05) is 19.6 Å². The van der Waals surface area contributed by atoms with Gasteiger partial charge in [-0.3, -0.25) is 0 Å². The van der Waals surface area contributed by atoms with Crippen molar-refractivity contribution in [3.8, 4) is 0 Å². The number of hydrogen-bond donors (Lipinski definition) is 1. The molecule has 1 saturated heterocycles. The van der Waals surface area contributed by atoms with E-state index in [1.165, 1.54) is 38.8 Å². The molecule has 0 radical (unpaired) electrons. The Morgan fingerprint density at radius 2 is 2.15 bits per heavy atom. The molecule has 1 aliphatic heterocycles. The van der Waals surface area contributed by atoms with E-state index >= 15 is 0 Å². The molecule has 1 N–H and O–H groups in total. The normalized spacial score (nSPS) is 28.4. The lowest BCUT2D eigenvalue weighted by molar-refractivity contribution is 0.128. The van der Waals surface area contributed by atoms with E-state index in [-0.39, 0.29) is 6.10 Å². The number of likely N-dealkylation sites (tertiary alicyclic amines) is 1. The van der Waals surface area contributed by atoms with Gasteiger partial charge in [0.2, 0.25) is 0 Å². The van der Waals surface area contributed by atoms with E-state index in [0.717, 1.165) is 12.5 Å². The number of rotatable bonds is 3. The van der Waals surface area contributed by atoms with Crippen LogP contribution in [0.3, 0.4) is 0 Å². The maximum Gasteiger partial charge on any atom is 0.0639 e. The highest BCUT2D eigenvalue weighted by molar-refractivity contribution is 4.70. The molecule has 1 fully saturated rings.